The number of hydrogen-bond acceptors (Lipinski definition) is 1. The van der Waals surface area contributed by atoms with E-state index in [0.717, 1.165) is 17.8 Å². The molecule has 0 heterocycles. The van der Waals surface area contributed by atoms with E-state index in [2.05, 4.69) is 34.6 Å². The molecule has 0 radical (unpaired) electrons. The van der Waals surface area contributed by atoms with Gasteiger partial charge in [0.05, 0.1) is 0 Å². The van der Waals surface area contributed by atoms with Crippen LogP contribution in [0.4, 0.5) is 0 Å². The monoisotopic (exact) mass is 199 g/mol. The molecule has 1 aliphatic rings. The molecule has 1 fully saturated rings. The molecule has 1 rings (SSSR count). The van der Waals surface area contributed by atoms with Crippen LogP contribution in [0, 0.1) is 23.2 Å². The molecule has 0 aromatic rings. The summed E-state index contributed by atoms with van der Waals surface area (Å²) in [7, 11) is 0. The molecule has 0 saturated heterocycles. The Morgan fingerprint density at radius 3 is 2.29 bits per heavy atom. The zero-order valence-electron chi connectivity index (χ0n) is 10.8. The molecule has 0 aromatic carbocycles. The van der Waals surface area contributed by atoms with E-state index in [4.69, 9.17) is 0 Å². The first-order chi connectivity index (χ1) is 5.98. The zero-order chi connectivity index (χ0) is 10.1. The largest absolute Gasteiger partial charge is 0.344 e. The average molecular weight is 199 g/mol. The Balaban J connectivity index is 0.00000169. The average Bonchev–Trinajstić information content (AvgIpc) is 2.03. The van der Waals surface area contributed by atoms with Crippen LogP contribution in [0.25, 0.3) is 0 Å². The van der Waals surface area contributed by atoms with E-state index in [0.29, 0.717) is 5.41 Å². The SMILES string of the molecule is CCC1(C)CCC(C(C)C)C(C)C1.N. The maximum Gasteiger partial charge on any atom is -0.0326 e. The van der Waals surface area contributed by atoms with Gasteiger partial charge in [-0.1, -0.05) is 41.0 Å². The van der Waals surface area contributed by atoms with Gasteiger partial charge in [-0.15, -0.1) is 0 Å². The lowest BCUT2D eigenvalue weighted by atomic mass is 9.63. The summed E-state index contributed by atoms with van der Waals surface area (Å²) in [6, 6.07) is 0. The molecule has 1 saturated carbocycles. The molecular formula is C13H29N. The predicted octanol–water partition coefficient (Wildman–Crippen LogP) is 4.66. The van der Waals surface area contributed by atoms with Gasteiger partial charge in [0.15, 0.2) is 0 Å². The summed E-state index contributed by atoms with van der Waals surface area (Å²) in [6.45, 7) is 12.0. The topological polar surface area (TPSA) is 35.0 Å². The maximum absolute atomic E-state index is 2.47. The van der Waals surface area contributed by atoms with Crippen LogP contribution < -0.4 is 6.15 Å². The van der Waals surface area contributed by atoms with Gasteiger partial charge >= 0.3 is 0 Å². The van der Waals surface area contributed by atoms with Crippen molar-refractivity contribution in [1.29, 1.82) is 0 Å². The van der Waals surface area contributed by atoms with E-state index in [9.17, 15) is 0 Å². The van der Waals surface area contributed by atoms with Crippen LogP contribution in [-0.4, -0.2) is 0 Å². The smallest absolute Gasteiger partial charge is 0.0326 e. The highest BCUT2D eigenvalue weighted by Gasteiger charge is 2.35. The van der Waals surface area contributed by atoms with Crippen LogP contribution in [0.1, 0.15) is 60.3 Å². The lowest BCUT2D eigenvalue weighted by molar-refractivity contribution is 0.0830. The molecule has 3 N–H and O–H groups in total. The molecule has 0 aromatic heterocycles. The molecule has 1 heteroatoms. The van der Waals surface area contributed by atoms with Crippen LogP contribution in [-0.2, 0) is 0 Å². The summed E-state index contributed by atoms with van der Waals surface area (Å²) in [5.74, 6) is 2.81. The van der Waals surface area contributed by atoms with E-state index in [-0.39, 0.29) is 6.15 Å². The first-order valence-corrected chi connectivity index (χ1v) is 5.98. The highest BCUT2D eigenvalue weighted by atomic mass is 14.4. The Hall–Kier alpha value is -0.0400. The quantitative estimate of drug-likeness (QED) is 0.690. The van der Waals surface area contributed by atoms with Crippen LogP contribution in [0.3, 0.4) is 0 Å². The fourth-order valence-corrected chi connectivity index (χ4v) is 3.14. The molecule has 3 unspecified atom stereocenters. The molecule has 0 bridgehead atoms. The van der Waals surface area contributed by atoms with Crippen molar-refractivity contribution in [3.05, 3.63) is 0 Å². The van der Waals surface area contributed by atoms with Gasteiger partial charge in [-0.05, 0) is 42.4 Å². The van der Waals surface area contributed by atoms with Crippen molar-refractivity contribution in [3.8, 4) is 0 Å². The first-order valence-electron chi connectivity index (χ1n) is 5.98. The van der Waals surface area contributed by atoms with E-state index < -0.39 is 0 Å². The van der Waals surface area contributed by atoms with E-state index in [1.807, 2.05) is 0 Å². The third kappa shape index (κ3) is 2.98. The summed E-state index contributed by atoms with van der Waals surface area (Å²) in [5, 5.41) is 0. The van der Waals surface area contributed by atoms with Crippen LogP contribution in [0.15, 0.2) is 0 Å². The lowest BCUT2D eigenvalue weighted by Crippen LogP contribution is -2.32. The van der Waals surface area contributed by atoms with E-state index in [1.165, 1.54) is 25.7 Å². The third-order valence-corrected chi connectivity index (χ3v) is 4.34. The summed E-state index contributed by atoms with van der Waals surface area (Å²) in [4.78, 5) is 0. The normalized spacial score (nSPS) is 38.1. The van der Waals surface area contributed by atoms with Gasteiger partial charge in [-0.25, -0.2) is 0 Å². The fraction of sp³-hybridized carbons (Fsp3) is 1.00. The fourth-order valence-electron chi connectivity index (χ4n) is 3.14. The van der Waals surface area contributed by atoms with Crippen molar-refractivity contribution < 1.29 is 0 Å². The second kappa shape index (κ2) is 5.16. The van der Waals surface area contributed by atoms with Gasteiger partial charge in [0.25, 0.3) is 0 Å². The second-order valence-corrected chi connectivity index (χ2v) is 5.79. The lowest BCUT2D eigenvalue weighted by Gasteiger charge is -2.42. The van der Waals surface area contributed by atoms with Crippen molar-refractivity contribution in [1.82, 2.24) is 6.15 Å². The minimum Gasteiger partial charge on any atom is -0.344 e. The highest BCUT2D eigenvalue weighted by molar-refractivity contribution is 4.85. The minimum absolute atomic E-state index is 0. The Morgan fingerprint density at radius 2 is 1.93 bits per heavy atom. The molecule has 86 valence electrons. The van der Waals surface area contributed by atoms with Crippen molar-refractivity contribution in [3.63, 3.8) is 0 Å². The summed E-state index contributed by atoms with van der Waals surface area (Å²) < 4.78 is 0. The van der Waals surface area contributed by atoms with Gasteiger partial charge in [0, 0.05) is 0 Å². The Morgan fingerprint density at radius 1 is 1.36 bits per heavy atom. The number of hydrogen-bond donors (Lipinski definition) is 1. The summed E-state index contributed by atoms with van der Waals surface area (Å²) in [6.07, 6.45) is 5.73. The Labute approximate surface area is 90.2 Å². The minimum atomic E-state index is 0. The third-order valence-electron chi connectivity index (χ3n) is 4.34. The second-order valence-electron chi connectivity index (χ2n) is 5.79. The van der Waals surface area contributed by atoms with Gasteiger partial charge in [0.2, 0.25) is 0 Å². The predicted molar refractivity (Wildman–Crippen MR) is 64.8 cm³/mol. The molecule has 3 atom stereocenters. The Bertz CT molecular complexity index is 165. The maximum atomic E-state index is 2.47. The zero-order valence-corrected chi connectivity index (χ0v) is 10.8. The summed E-state index contributed by atoms with van der Waals surface area (Å²) >= 11 is 0. The first kappa shape index (κ1) is 14.0. The van der Waals surface area contributed by atoms with E-state index in [1.54, 1.807) is 0 Å². The van der Waals surface area contributed by atoms with Crippen LogP contribution in [0.2, 0.25) is 0 Å². The van der Waals surface area contributed by atoms with E-state index >= 15 is 0 Å². The molecule has 0 spiro atoms. The summed E-state index contributed by atoms with van der Waals surface area (Å²) in [5.41, 5.74) is 0.658. The van der Waals surface area contributed by atoms with Crippen LogP contribution >= 0.6 is 0 Å². The molecule has 0 amide bonds. The van der Waals surface area contributed by atoms with Crippen molar-refractivity contribution in [2.45, 2.75) is 60.3 Å². The molecule has 1 aliphatic carbocycles. The highest BCUT2D eigenvalue weighted by Crippen LogP contribution is 2.46. The molecule has 1 nitrogen and oxygen atoms in total. The van der Waals surface area contributed by atoms with Crippen molar-refractivity contribution in [2.24, 2.45) is 23.2 Å². The number of rotatable bonds is 2. The van der Waals surface area contributed by atoms with Crippen LogP contribution in [0.5, 0.6) is 0 Å². The standard InChI is InChI=1S/C13H26.H3N/c1-6-13(5)8-7-12(10(2)3)11(4)9-13;/h10-12H,6-9H2,1-5H3;1H3. The van der Waals surface area contributed by atoms with Gasteiger partial charge in [-0.3, -0.25) is 0 Å². The van der Waals surface area contributed by atoms with Crippen molar-refractivity contribution >= 4 is 0 Å². The Kier molecular flexibility index (Phi) is 5.14. The molecule has 14 heavy (non-hydrogen) atoms. The van der Waals surface area contributed by atoms with Gasteiger partial charge < -0.3 is 6.15 Å². The molecular weight excluding hydrogens is 170 g/mol. The van der Waals surface area contributed by atoms with Gasteiger partial charge in [-0.2, -0.15) is 0 Å². The van der Waals surface area contributed by atoms with Crippen molar-refractivity contribution in [2.75, 3.05) is 0 Å². The van der Waals surface area contributed by atoms with Gasteiger partial charge in [0.1, 0.15) is 0 Å². The molecule has 0 aliphatic heterocycles.